The van der Waals surface area contributed by atoms with Crippen molar-refractivity contribution in [1.82, 2.24) is 0 Å². The number of carboxylic acid groups (broad SMARTS) is 1. The smallest absolute Gasteiger partial charge is 0.303 e. The maximum Gasteiger partial charge on any atom is 0.303 e. The monoisotopic (exact) mass is 370 g/mol. The highest BCUT2D eigenvalue weighted by Crippen LogP contribution is 2.25. The molecule has 1 heterocycles. The van der Waals surface area contributed by atoms with E-state index in [1.54, 1.807) is 12.2 Å². The number of hydrogen-bond donors (Lipinski definition) is 4. The van der Waals surface area contributed by atoms with Gasteiger partial charge in [0.05, 0.1) is 24.4 Å². The second-order valence-electron chi connectivity index (χ2n) is 6.95. The number of rotatable bonds is 13. The van der Waals surface area contributed by atoms with E-state index in [-0.39, 0.29) is 6.42 Å². The lowest BCUT2D eigenvalue weighted by atomic mass is 10.0. The zero-order chi connectivity index (χ0) is 19.4. The van der Waals surface area contributed by atoms with Gasteiger partial charge in [-0.2, -0.15) is 0 Å². The summed E-state index contributed by atoms with van der Waals surface area (Å²) < 4.78 is 5.71. The van der Waals surface area contributed by atoms with Gasteiger partial charge in [-0.15, -0.1) is 0 Å². The van der Waals surface area contributed by atoms with Crippen molar-refractivity contribution >= 4 is 5.97 Å². The Morgan fingerprint density at radius 3 is 2.69 bits per heavy atom. The quantitative estimate of drug-likeness (QED) is 0.293. The van der Waals surface area contributed by atoms with E-state index in [9.17, 15) is 20.1 Å². The first-order valence-corrected chi connectivity index (χ1v) is 9.68. The standard InChI is InChI=1S/C20H34O6/c1-2-3-6-9-15(21)12-13-18-17(23)14-19(26-18)16(22)10-7-4-5-8-11-20(24)25/h4,7,12-13,15-19,21-23H,2-3,5-6,8-11,14H2,1H3,(H,24,25)/b7-4-,13-12+. The van der Waals surface area contributed by atoms with Crippen LogP contribution in [0.15, 0.2) is 24.3 Å². The first-order valence-electron chi connectivity index (χ1n) is 9.68. The summed E-state index contributed by atoms with van der Waals surface area (Å²) in [6.07, 6.45) is 10.2. The van der Waals surface area contributed by atoms with Gasteiger partial charge >= 0.3 is 5.97 Å². The molecule has 0 amide bonds. The van der Waals surface area contributed by atoms with Gasteiger partial charge in [0, 0.05) is 12.8 Å². The van der Waals surface area contributed by atoms with Gasteiger partial charge < -0.3 is 25.2 Å². The van der Waals surface area contributed by atoms with Gasteiger partial charge in [-0.25, -0.2) is 0 Å². The van der Waals surface area contributed by atoms with E-state index in [2.05, 4.69) is 6.92 Å². The fourth-order valence-corrected chi connectivity index (χ4v) is 2.96. The molecule has 1 saturated heterocycles. The Bertz CT molecular complexity index is 448. The highest BCUT2D eigenvalue weighted by atomic mass is 16.5. The van der Waals surface area contributed by atoms with Crippen molar-refractivity contribution in [2.75, 3.05) is 0 Å². The van der Waals surface area contributed by atoms with Gasteiger partial charge in [-0.05, 0) is 25.7 Å². The number of allylic oxidation sites excluding steroid dienone is 1. The Balaban J connectivity index is 2.30. The highest BCUT2D eigenvalue weighted by molar-refractivity contribution is 5.66. The largest absolute Gasteiger partial charge is 0.481 e. The van der Waals surface area contributed by atoms with E-state index in [4.69, 9.17) is 9.84 Å². The van der Waals surface area contributed by atoms with Crippen LogP contribution >= 0.6 is 0 Å². The zero-order valence-electron chi connectivity index (χ0n) is 15.7. The van der Waals surface area contributed by atoms with Crippen LogP contribution in [0.5, 0.6) is 0 Å². The average molecular weight is 370 g/mol. The fraction of sp³-hybridized carbons (Fsp3) is 0.750. The maximum absolute atomic E-state index is 10.4. The molecular formula is C20H34O6. The second-order valence-corrected chi connectivity index (χ2v) is 6.95. The van der Waals surface area contributed by atoms with Crippen LogP contribution in [0.3, 0.4) is 0 Å². The van der Waals surface area contributed by atoms with E-state index >= 15 is 0 Å². The van der Waals surface area contributed by atoms with Crippen LogP contribution in [0.2, 0.25) is 0 Å². The van der Waals surface area contributed by atoms with Crippen molar-refractivity contribution in [3.05, 3.63) is 24.3 Å². The van der Waals surface area contributed by atoms with E-state index in [1.807, 2.05) is 12.2 Å². The predicted molar refractivity (Wildman–Crippen MR) is 99.8 cm³/mol. The molecule has 5 atom stereocenters. The van der Waals surface area contributed by atoms with Crippen LogP contribution < -0.4 is 0 Å². The molecule has 1 fully saturated rings. The molecule has 1 aliphatic heterocycles. The first kappa shape index (κ1) is 22.8. The van der Waals surface area contributed by atoms with Gasteiger partial charge in [0.2, 0.25) is 0 Å². The molecule has 0 aromatic carbocycles. The highest BCUT2D eigenvalue weighted by Gasteiger charge is 2.35. The lowest BCUT2D eigenvalue weighted by Gasteiger charge is -2.16. The number of carboxylic acids is 1. The first-order chi connectivity index (χ1) is 12.4. The Kier molecular flexibility index (Phi) is 11.4. The summed E-state index contributed by atoms with van der Waals surface area (Å²) in [6, 6.07) is 0. The molecule has 6 heteroatoms. The van der Waals surface area contributed by atoms with Crippen molar-refractivity contribution in [2.45, 2.75) is 95.2 Å². The minimum absolute atomic E-state index is 0.142. The molecule has 0 bridgehead atoms. The molecule has 0 radical (unpaired) electrons. The fourth-order valence-electron chi connectivity index (χ4n) is 2.96. The number of ether oxygens (including phenoxy) is 1. The molecule has 6 nitrogen and oxygen atoms in total. The summed E-state index contributed by atoms with van der Waals surface area (Å²) >= 11 is 0. The molecule has 1 rings (SSSR count). The van der Waals surface area contributed by atoms with Crippen LogP contribution in [0.4, 0.5) is 0 Å². The molecule has 1 aliphatic rings. The molecule has 0 saturated carbocycles. The SMILES string of the molecule is CCCCCC(O)/C=C/C1OC(C(O)C/C=C\CCCC(=O)O)CC1O. The normalized spacial score (nSPS) is 25.9. The molecule has 26 heavy (non-hydrogen) atoms. The van der Waals surface area contributed by atoms with E-state index in [0.717, 1.165) is 19.3 Å². The molecular weight excluding hydrogens is 336 g/mol. The number of aliphatic hydroxyl groups excluding tert-OH is 3. The number of aliphatic carboxylic acids is 1. The van der Waals surface area contributed by atoms with E-state index in [1.165, 1.54) is 0 Å². The third-order valence-corrected chi connectivity index (χ3v) is 4.55. The van der Waals surface area contributed by atoms with Crippen molar-refractivity contribution in [1.29, 1.82) is 0 Å². The van der Waals surface area contributed by atoms with Crippen LogP contribution in [0, 0.1) is 0 Å². The zero-order valence-corrected chi connectivity index (χ0v) is 15.7. The molecule has 150 valence electrons. The van der Waals surface area contributed by atoms with Crippen molar-refractivity contribution in [2.24, 2.45) is 0 Å². The average Bonchev–Trinajstić information content (AvgIpc) is 2.97. The Morgan fingerprint density at radius 1 is 1.23 bits per heavy atom. The van der Waals surface area contributed by atoms with Crippen molar-refractivity contribution in [3.8, 4) is 0 Å². The summed E-state index contributed by atoms with van der Waals surface area (Å²) in [5.74, 6) is -0.804. The number of aliphatic hydroxyl groups is 3. The lowest BCUT2D eigenvalue weighted by Crippen LogP contribution is -2.25. The third kappa shape index (κ3) is 9.48. The number of unbranched alkanes of at least 4 members (excludes halogenated alkanes) is 3. The molecule has 0 spiro atoms. The van der Waals surface area contributed by atoms with Crippen LogP contribution in [-0.4, -0.2) is 56.9 Å². The van der Waals surface area contributed by atoms with Crippen molar-refractivity contribution in [3.63, 3.8) is 0 Å². The van der Waals surface area contributed by atoms with Gasteiger partial charge in [0.15, 0.2) is 0 Å². The minimum atomic E-state index is -0.804. The Morgan fingerprint density at radius 2 is 2.00 bits per heavy atom. The lowest BCUT2D eigenvalue weighted by molar-refractivity contribution is -0.137. The minimum Gasteiger partial charge on any atom is -0.481 e. The predicted octanol–water partition coefficient (Wildman–Crippen LogP) is 2.56. The van der Waals surface area contributed by atoms with Crippen LogP contribution in [-0.2, 0) is 9.53 Å². The van der Waals surface area contributed by atoms with Gasteiger partial charge in [-0.3, -0.25) is 4.79 Å². The summed E-state index contributed by atoms with van der Waals surface area (Å²) in [4.78, 5) is 10.4. The van der Waals surface area contributed by atoms with Gasteiger partial charge in [-0.1, -0.05) is 50.5 Å². The van der Waals surface area contributed by atoms with Crippen molar-refractivity contribution < 1.29 is 30.0 Å². The molecule has 0 aliphatic carbocycles. The van der Waals surface area contributed by atoms with E-state index in [0.29, 0.717) is 32.1 Å². The second kappa shape index (κ2) is 13.0. The number of carbonyl (C=O) groups is 1. The van der Waals surface area contributed by atoms with Crippen LogP contribution in [0.25, 0.3) is 0 Å². The summed E-state index contributed by atoms with van der Waals surface area (Å²) in [5, 5.41) is 38.7. The summed E-state index contributed by atoms with van der Waals surface area (Å²) in [5.41, 5.74) is 0. The summed E-state index contributed by atoms with van der Waals surface area (Å²) in [7, 11) is 0. The van der Waals surface area contributed by atoms with Gasteiger partial charge in [0.1, 0.15) is 6.10 Å². The topological polar surface area (TPSA) is 107 Å². The maximum atomic E-state index is 10.4. The molecule has 0 aromatic heterocycles. The Labute approximate surface area is 156 Å². The molecule has 0 aromatic rings. The van der Waals surface area contributed by atoms with Gasteiger partial charge in [0.25, 0.3) is 0 Å². The van der Waals surface area contributed by atoms with Crippen LogP contribution in [0.1, 0.15) is 64.7 Å². The molecule has 5 unspecified atom stereocenters. The third-order valence-electron chi connectivity index (χ3n) is 4.55. The molecule has 4 N–H and O–H groups in total. The summed E-state index contributed by atoms with van der Waals surface area (Å²) in [6.45, 7) is 2.11. The van der Waals surface area contributed by atoms with E-state index < -0.39 is 36.5 Å². The Hall–Kier alpha value is -1.21. The number of hydrogen-bond acceptors (Lipinski definition) is 5.